The van der Waals surface area contributed by atoms with Crippen LogP contribution in [0.4, 0.5) is 5.69 Å². The summed E-state index contributed by atoms with van der Waals surface area (Å²) in [5, 5.41) is 1.17. The predicted molar refractivity (Wildman–Crippen MR) is 132 cm³/mol. The van der Waals surface area contributed by atoms with Crippen molar-refractivity contribution in [3.63, 3.8) is 0 Å². The minimum atomic E-state index is -0.554. The zero-order valence-electron chi connectivity index (χ0n) is 19.0. The highest BCUT2D eigenvalue weighted by atomic mass is 35.5. The molecule has 2 fully saturated rings. The Labute approximate surface area is 204 Å². The van der Waals surface area contributed by atoms with Crippen LogP contribution in [0, 0.1) is 0 Å². The number of halogens is 1. The minimum Gasteiger partial charge on any atom is -0.488 e. The van der Waals surface area contributed by atoms with Crippen molar-refractivity contribution < 1.29 is 19.0 Å². The van der Waals surface area contributed by atoms with Gasteiger partial charge in [0, 0.05) is 38.1 Å². The summed E-state index contributed by atoms with van der Waals surface area (Å²) in [7, 11) is 0. The summed E-state index contributed by atoms with van der Waals surface area (Å²) < 4.78 is 17.1. The molecular weight excluding hydrogens is 454 g/mol. The lowest BCUT2D eigenvalue weighted by atomic mass is 10.1. The van der Waals surface area contributed by atoms with Crippen molar-refractivity contribution in [3.8, 4) is 11.5 Å². The number of morpholine rings is 1. The number of hydrogen-bond donors (Lipinski definition) is 0. The molecule has 3 heterocycles. The number of aromatic nitrogens is 1. The molecule has 2 aliphatic rings. The summed E-state index contributed by atoms with van der Waals surface area (Å²) in [4.78, 5) is 22.4. The van der Waals surface area contributed by atoms with Gasteiger partial charge >= 0.3 is 5.97 Å². The Morgan fingerprint density at radius 2 is 1.79 bits per heavy atom. The Bertz CT molecular complexity index is 1160. The fourth-order valence-electron chi connectivity index (χ4n) is 4.42. The third kappa shape index (κ3) is 5.12. The van der Waals surface area contributed by atoms with E-state index in [2.05, 4.69) is 20.9 Å². The van der Waals surface area contributed by atoms with Crippen LogP contribution < -0.4 is 14.4 Å². The highest BCUT2D eigenvalue weighted by molar-refractivity contribution is 6.35. The quantitative estimate of drug-likeness (QED) is 0.365. The average Bonchev–Trinajstić information content (AvgIpc) is 3.40. The fraction of sp³-hybridized carbons (Fsp3) is 0.385. The van der Waals surface area contributed by atoms with E-state index in [0.29, 0.717) is 28.6 Å². The number of carbonyl (C=O) groups excluding carboxylic acids is 1. The van der Waals surface area contributed by atoms with Gasteiger partial charge in [-0.2, -0.15) is 0 Å². The molecule has 7 nitrogen and oxygen atoms in total. The first kappa shape index (κ1) is 22.9. The average molecular weight is 482 g/mol. The largest absolute Gasteiger partial charge is 0.488 e. The molecule has 0 saturated carbocycles. The molecule has 2 aromatic carbocycles. The van der Waals surface area contributed by atoms with Crippen LogP contribution >= 0.6 is 11.6 Å². The maximum Gasteiger partial charge on any atom is 0.347 e. The molecule has 2 aliphatic heterocycles. The van der Waals surface area contributed by atoms with Crippen molar-refractivity contribution in [2.75, 3.05) is 57.4 Å². The van der Waals surface area contributed by atoms with Crippen molar-refractivity contribution in [2.24, 2.45) is 0 Å². The van der Waals surface area contributed by atoms with Crippen molar-refractivity contribution >= 4 is 34.2 Å². The maximum atomic E-state index is 13.2. The van der Waals surface area contributed by atoms with Gasteiger partial charge in [0.15, 0.2) is 11.5 Å². The molecule has 3 aromatic rings. The summed E-state index contributed by atoms with van der Waals surface area (Å²) in [5.74, 6) is 0.322. The molecule has 1 aromatic heterocycles. The molecule has 0 N–H and O–H groups in total. The van der Waals surface area contributed by atoms with Gasteiger partial charge in [-0.1, -0.05) is 29.8 Å². The molecule has 0 atom stereocenters. The molecule has 0 bridgehead atoms. The van der Waals surface area contributed by atoms with Gasteiger partial charge < -0.3 is 19.1 Å². The van der Waals surface area contributed by atoms with Crippen molar-refractivity contribution in [1.29, 1.82) is 0 Å². The van der Waals surface area contributed by atoms with Crippen LogP contribution in [0.1, 0.15) is 23.2 Å². The lowest BCUT2D eigenvalue weighted by Gasteiger charge is -2.26. The molecule has 0 aliphatic carbocycles. The van der Waals surface area contributed by atoms with E-state index < -0.39 is 5.97 Å². The Kier molecular flexibility index (Phi) is 7.13. The normalized spacial score (nSPS) is 16.7. The van der Waals surface area contributed by atoms with Gasteiger partial charge in [0.05, 0.1) is 35.6 Å². The Morgan fingerprint density at radius 3 is 2.59 bits per heavy atom. The van der Waals surface area contributed by atoms with Crippen molar-refractivity contribution in [2.45, 2.75) is 12.8 Å². The van der Waals surface area contributed by atoms with Gasteiger partial charge in [-0.05, 0) is 37.1 Å². The number of para-hydroxylation sites is 2. The molecule has 0 amide bonds. The lowest BCUT2D eigenvalue weighted by molar-refractivity contribution is 0.0320. The first-order chi connectivity index (χ1) is 16.7. The molecule has 178 valence electrons. The second kappa shape index (κ2) is 10.6. The van der Waals surface area contributed by atoms with E-state index in [0.717, 1.165) is 57.0 Å². The Balaban J connectivity index is 1.33. The van der Waals surface area contributed by atoms with Crippen LogP contribution in [0.25, 0.3) is 10.9 Å². The predicted octanol–water partition coefficient (Wildman–Crippen LogP) is 4.42. The monoisotopic (exact) mass is 481 g/mol. The first-order valence-corrected chi connectivity index (χ1v) is 12.1. The number of pyridine rings is 1. The first-order valence-electron chi connectivity index (χ1n) is 11.8. The standard InChI is InChI=1S/C26H28ClN3O4/c27-21-8-7-19-17-20(30-9-3-4-10-30)18-28-25(19)24(21)26(31)34-23-6-2-1-5-22(23)33-16-13-29-11-14-32-15-12-29/h1-2,5-8,17-18H,3-4,9-16H2. The zero-order valence-corrected chi connectivity index (χ0v) is 19.8. The van der Waals surface area contributed by atoms with Crippen LogP contribution in [0.3, 0.4) is 0 Å². The van der Waals surface area contributed by atoms with Crippen LogP contribution in [0.15, 0.2) is 48.7 Å². The molecule has 0 radical (unpaired) electrons. The van der Waals surface area contributed by atoms with Crippen LogP contribution in [0.2, 0.25) is 5.02 Å². The van der Waals surface area contributed by atoms with E-state index in [1.165, 1.54) is 12.8 Å². The van der Waals surface area contributed by atoms with Crippen LogP contribution in [-0.2, 0) is 4.74 Å². The summed E-state index contributed by atoms with van der Waals surface area (Å²) in [6.45, 7) is 6.60. The summed E-state index contributed by atoms with van der Waals surface area (Å²) >= 11 is 6.44. The second-order valence-corrected chi connectivity index (χ2v) is 8.93. The highest BCUT2D eigenvalue weighted by Crippen LogP contribution is 2.32. The van der Waals surface area contributed by atoms with Crippen molar-refractivity contribution in [3.05, 3.63) is 59.2 Å². The number of ether oxygens (including phenoxy) is 3. The molecular formula is C26H28ClN3O4. The van der Waals surface area contributed by atoms with Gasteiger partial charge in [0.2, 0.25) is 0 Å². The van der Waals surface area contributed by atoms with Gasteiger partial charge in [0.1, 0.15) is 12.2 Å². The van der Waals surface area contributed by atoms with E-state index in [9.17, 15) is 4.79 Å². The molecule has 8 heteroatoms. The third-order valence-corrected chi connectivity index (χ3v) is 6.60. The number of fused-ring (bicyclic) bond motifs is 1. The SMILES string of the molecule is O=C(Oc1ccccc1OCCN1CCOCC1)c1c(Cl)ccc2cc(N3CCCC3)cnc12. The van der Waals surface area contributed by atoms with Gasteiger partial charge in [-0.3, -0.25) is 9.88 Å². The molecule has 0 spiro atoms. The number of carbonyl (C=O) groups is 1. The highest BCUT2D eigenvalue weighted by Gasteiger charge is 2.21. The summed E-state index contributed by atoms with van der Waals surface area (Å²) in [6, 6.07) is 12.9. The topological polar surface area (TPSA) is 64.1 Å². The Hall–Kier alpha value is -2.87. The van der Waals surface area contributed by atoms with E-state index >= 15 is 0 Å². The number of hydrogen-bond acceptors (Lipinski definition) is 7. The van der Waals surface area contributed by atoms with E-state index in [-0.39, 0.29) is 5.56 Å². The third-order valence-electron chi connectivity index (χ3n) is 6.28. The van der Waals surface area contributed by atoms with Gasteiger partial charge in [0.25, 0.3) is 0 Å². The molecule has 0 unspecified atom stereocenters. The minimum absolute atomic E-state index is 0.259. The number of anilines is 1. The maximum absolute atomic E-state index is 13.2. The fourth-order valence-corrected chi connectivity index (χ4v) is 4.65. The number of rotatable bonds is 7. The van der Waals surface area contributed by atoms with Gasteiger partial charge in [-0.15, -0.1) is 0 Å². The molecule has 2 saturated heterocycles. The van der Waals surface area contributed by atoms with E-state index in [1.54, 1.807) is 18.2 Å². The smallest absolute Gasteiger partial charge is 0.347 e. The Morgan fingerprint density at radius 1 is 1.03 bits per heavy atom. The number of esters is 1. The lowest BCUT2D eigenvalue weighted by Crippen LogP contribution is -2.38. The van der Waals surface area contributed by atoms with Crippen LogP contribution in [-0.4, -0.2) is 68.4 Å². The summed E-state index contributed by atoms with van der Waals surface area (Å²) in [6.07, 6.45) is 4.18. The van der Waals surface area contributed by atoms with E-state index in [1.807, 2.05) is 24.4 Å². The van der Waals surface area contributed by atoms with Crippen LogP contribution in [0.5, 0.6) is 11.5 Å². The summed E-state index contributed by atoms with van der Waals surface area (Å²) in [5.41, 5.74) is 1.85. The zero-order chi connectivity index (χ0) is 23.3. The number of benzene rings is 2. The molecule has 5 rings (SSSR count). The molecule has 34 heavy (non-hydrogen) atoms. The van der Waals surface area contributed by atoms with Crippen molar-refractivity contribution in [1.82, 2.24) is 9.88 Å². The second-order valence-electron chi connectivity index (χ2n) is 8.52. The van der Waals surface area contributed by atoms with Gasteiger partial charge in [-0.25, -0.2) is 4.79 Å². The van der Waals surface area contributed by atoms with E-state index in [4.69, 9.17) is 25.8 Å². The number of nitrogens with zero attached hydrogens (tertiary/aromatic N) is 3.